The molecule has 0 saturated carbocycles. The molecule has 0 aliphatic carbocycles. The molecule has 0 radical (unpaired) electrons. The van der Waals surface area contributed by atoms with Crippen LogP contribution in [0.5, 0.6) is 0 Å². The van der Waals surface area contributed by atoms with Crippen molar-refractivity contribution in [2.24, 2.45) is 0 Å². The molecule has 0 atom stereocenters. The predicted octanol–water partition coefficient (Wildman–Crippen LogP) is 6.57. The van der Waals surface area contributed by atoms with Crippen LogP contribution in [0.3, 0.4) is 0 Å². The Bertz CT molecular complexity index is 723. The zero-order chi connectivity index (χ0) is 19.6. The van der Waals surface area contributed by atoms with Crippen molar-refractivity contribution in [1.29, 1.82) is 0 Å². The molecule has 0 fully saturated rings. The van der Waals surface area contributed by atoms with Gasteiger partial charge in [0.2, 0.25) is 0 Å². The summed E-state index contributed by atoms with van der Waals surface area (Å²) in [6, 6.07) is 14.1. The molecule has 0 aromatic heterocycles. The average Bonchev–Trinajstić information content (AvgIpc) is 2.68. The van der Waals surface area contributed by atoms with Gasteiger partial charge in [-0.2, -0.15) is 0 Å². The standard InChI is InChI=1S/C23H31NO2S/c1-4-7-14-24(15-8-5-2)20-16-19(23(25)26)17-21(27-6-3)22(20)18-12-10-9-11-13-18/h9-13,16-17H,4-8,14-15H2,1-3H3,(H,25,26). The quantitative estimate of drug-likeness (QED) is 0.444. The minimum Gasteiger partial charge on any atom is -0.478 e. The third-order valence-corrected chi connectivity index (χ3v) is 5.52. The molecule has 0 bridgehead atoms. The number of rotatable bonds is 11. The number of hydrogen-bond acceptors (Lipinski definition) is 3. The maximum Gasteiger partial charge on any atom is 0.335 e. The van der Waals surface area contributed by atoms with Gasteiger partial charge in [-0.15, -0.1) is 11.8 Å². The molecule has 2 aromatic rings. The van der Waals surface area contributed by atoms with Gasteiger partial charge in [0.15, 0.2) is 0 Å². The van der Waals surface area contributed by atoms with E-state index < -0.39 is 5.97 Å². The Balaban J connectivity index is 2.67. The second kappa shape index (κ2) is 11.0. The maximum atomic E-state index is 11.8. The van der Waals surface area contributed by atoms with Crippen LogP contribution in [0, 0.1) is 0 Å². The van der Waals surface area contributed by atoms with E-state index in [1.54, 1.807) is 11.8 Å². The van der Waals surface area contributed by atoms with Gasteiger partial charge in [-0.25, -0.2) is 4.79 Å². The van der Waals surface area contributed by atoms with Gasteiger partial charge in [0.05, 0.1) is 5.56 Å². The Morgan fingerprint density at radius 2 is 1.63 bits per heavy atom. The largest absolute Gasteiger partial charge is 0.478 e. The summed E-state index contributed by atoms with van der Waals surface area (Å²) >= 11 is 1.72. The summed E-state index contributed by atoms with van der Waals surface area (Å²) in [7, 11) is 0. The highest BCUT2D eigenvalue weighted by Gasteiger charge is 2.20. The number of carboxylic acid groups (broad SMARTS) is 1. The Morgan fingerprint density at radius 3 is 2.15 bits per heavy atom. The molecule has 27 heavy (non-hydrogen) atoms. The first-order chi connectivity index (χ1) is 13.1. The molecular formula is C23H31NO2S. The summed E-state index contributed by atoms with van der Waals surface area (Å²) in [5, 5.41) is 9.67. The number of thioether (sulfide) groups is 1. The van der Waals surface area contributed by atoms with E-state index in [-0.39, 0.29) is 0 Å². The van der Waals surface area contributed by atoms with Gasteiger partial charge in [0.1, 0.15) is 0 Å². The first-order valence-electron chi connectivity index (χ1n) is 9.96. The molecule has 0 unspecified atom stereocenters. The van der Waals surface area contributed by atoms with Gasteiger partial charge in [-0.05, 0) is 36.3 Å². The second-order valence-corrected chi connectivity index (χ2v) is 7.97. The molecular weight excluding hydrogens is 354 g/mol. The smallest absolute Gasteiger partial charge is 0.335 e. The molecule has 3 nitrogen and oxygen atoms in total. The van der Waals surface area contributed by atoms with E-state index in [0.29, 0.717) is 5.56 Å². The van der Waals surface area contributed by atoms with Gasteiger partial charge in [0.25, 0.3) is 0 Å². The molecule has 0 aliphatic heterocycles. The second-order valence-electron chi connectivity index (χ2n) is 6.67. The highest BCUT2D eigenvalue weighted by atomic mass is 32.2. The lowest BCUT2D eigenvalue weighted by atomic mass is 9.99. The summed E-state index contributed by atoms with van der Waals surface area (Å²) in [5.74, 6) is 0.0476. The van der Waals surface area contributed by atoms with E-state index in [9.17, 15) is 9.90 Å². The van der Waals surface area contributed by atoms with Crippen LogP contribution in [-0.2, 0) is 0 Å². The lowest BCUT2D eigenvalue weighted by molar-refractivity contribution is 0.0696. The Kier molecular flexibility index (Phi) is 8.73. The first kappa shape index (κ1) is 21.4. The van der Waals surface area contributed by atoms with E-state index in [2.05, 4.69) is 37.8 Å². The summed E-state index contributed by atoms with van der Waals surface area (Å²) < 4.78 is 0. The molecule has 0 saturated heterocycles. The number of benzene rings is 2. The van der Waals surface area contributed by atoms with Crippen molar-refractivity contribution in [3.63, 3.8) is 0 Å². The van der Waals surface area contributed by atoms with Crippen molar-refractivity contribution in [2.45, 2.75) is 51.3 Å². The fourth-order valence-electron chi connectivity index (χ4n) is 3.19. The Labute approximate surface area is 167 Å². The Morgan fingerprint density at radius 1 is 1.00 bits per heavy atom. The predicted molar refractivity (Wildman–Crippen MR) is 117 cm³/mol. The zero-order valence-electron chi connectivity index (χ0n) is 16.7. The SMILES string of the molecule is CCCCN(CCCC)c1cc(C(=O)O)cc(SCC)c1-c1ccccc1. The number of nitrogens with zero attached hydrogens (tertiary/aromatic N) is 1. The number of carbonyl (C=O) groups is 1. The van der Waals surface area contributed by atoms with Gasteiger partial charge >= 0.3 is 5.97 Å². The number of carboxylic acids is 1. The highest BCUT2D eigenvalue weighted by molar-refractivity contribution is 7.99. The highest BCUT2D eigenvalue weighted by Crippen LogP contribution is 2.40. The van der Waals surface area contributed by atoms with Crippen LogP contribution in [0.15, 0.2) is 47.4 Å². The third-order valence-electron chi connectivity index (χ3n) is 4.59. The van der Waals surface area contributed by atoms with Gasteiger partial charge in [-0.1, -0.05) is 63.9 Å². The van der Waals surface area contributed by atoms with Crippen molar-refractivity contribution < 1.29 is 9.90 Å². The normalized spacial score (nSPS) is 10.8. The number of aromatic carboxylic acids is 1. The van der Waals surface area contributed by atoms with E-state index in [4.69, 9.17) is 0 Å². The van der Waals surface area contributed by atoms with E-state index >= 15 is 0 Å². The topological polar surface area (TPSA) is 40.5 Å². The van der Waals surface area contributed by atoms with Crippen LogP contribution < -0.4 is 4.90 Å². The van der Waals surface area contributed by atoms with Crippen LogP contribution >= 0.6 is 11.8 Å². The molecule has 1 N–H and O–H groups in total. The van der Waals surface area contributed by atoms with Gasteiger partial charge in [0, 0.05) is 29.2 Å². The maximum absolute atomic E-state index is 11.8. The molecule has 0 aliphatic rings. The lowest BCUT2D eigenvalue weighted by Gasteiger charge is -2.29. The van der Waals surface area contributed by atoms with Gasteiger partial charge in [-0.3, -0.25) is 0 Å². The summed E-state index contributed by atoms with van der Waals surface area (Å²) in [6.07, 6.45) is 4.45. The van der Waals surface area contributed by atoms with Crippen LogP contribution in [0.4, 0.5) is 5.69 Å². The van der Waals surface area contributed by atoms with Crippen LogP contribution in [0.25, 0.3) is 11.1 Å². The molecule has 2 rings (SSSR count). The molecule has 146 valence electrons. The summed E-state index contributed by atoms with van der Waals surface area (Å²) in [6.45, 7) is 8.41. The monoisotopic (exact) mass is 385 g/mol. The minimum absolute atomic E-state index is 0.374. The molecule has 2 aromatic carbocycles. The molecule has 4 heteroatoms. The fraction of sp³-hybridized carbons (Fsp3) is 0.435. The van der Waals surface area contributed by atoms with Crippen molar-refractivity contribution >= 4 is 23.4 Å². The molecule has 0 spiro atoms. The van der Waals surface area contributed by atoms with Crippen LogP contribution in [0.1, 0.15) is 56.8 Å². The summed E-state index contributed by atoms with van der Waals surface area (Å²) in [4.78, 5) is 15.2. The van der Waals surface area contributed by atoms with Crippen LogP contribution in [0.2, 0.25) is 0 Å². The van der Waals surface area contributed by atoms with Crippen molar-refractivity contribution in [3.05, 3.63) is 48.0 Å². The van der Waals surface area contributed by atoms with Crippen molar-refractivity contribution in [1.82, 2.24) is 0 Å². The molecule has 0 heterocycles. The number of unbranched alkanes of at least 4 members (excludes halogenated alkanes) is 2. The van der Waals surface area contributed by atoms with Crippen molar-refractivity contribution in [2.75, 3.05) is 23.7 Å². The van der Waals surface area contributed by atoms with E-state index in [1.807, 2.05) is 30.3 Å². The van der Waals surface area contributed by atoms with Crippen molar-refractivity contribution in [3.8, 4) is 11.1 Å². The number of hydrogen-bond donors (Lipinski definition) is 1. The Hall–Kier alpha value is -1.94. The van der Waals surface area contributed by atoms with E-state index in [0.717, 1.165) is 60.7 Å². The zero-order valence-corrected chi connectivity index (χ0v) is 17.5. The lowest BCUT2D eigenvalue weighted by Crippen LogP contribution is -2.26. The minimum atomic E-state index is -0.861. The van der Waals surface area contributed by atoms with Gasteiger partial charge < -0.3 is 10.0 Å². The number of anilines is 1. The summed E-state index contributed by atoms with van der Waals surface area (Å²) in [5.41, 5.74) is 3.75. The van der Waals surface area contributed by atoms with Crippen LogP contribution in [-0.4, -0.2) is 29.9 Å². The average molecular weight is 386 g/mol. The van der Waals surface area contributed by atoms with E-state index in [1.165, 1.54) is 5.56 Å². The molecule has 0 amide bonds. The first-order valence-corrected chi connectivity index (χ1v) is 10.9. The fourth-order valence-corrected chi connectivity index (χ4v) is 4.08. The third kappa shape index (κ3) is 5.77.